The second kappa shape index (κ2) is 9.62. The van der Waals surface area contributed by atoms with Gasteiger partial charge in [0.15, 0.2) is 5.79 Å². The van der Waals surface area contributed by atoms with Gasteiger partial charge >= 0.3 is 5.97 Å². The summed E-state index contributed by atoms with van der Waals surface area (Å²) >= 11 is 3.21. The number of benzene rings is 1. The number of nitrogens with zero attached hydrogens (tertiary/aromatic N) is 2. The van der Waals surface area contributed by atoms with E-state index in [0.29, 0.717) is 16.8 Å². The Morgan fingerprint density at radius 3 is 2.69 bits per heavy atom. The molecule has 1 spiro atoms. The van der Waals surface area contributed by atoms with Gasteiger partial charge in [-0.25, -0.2) is 9.78 Å². The first-order valence-corrected chi connectivity index (χ1v) is 11.3. The van der Waals surface area contributed by atoms with Gasteiger partial charge in [-0.3, -0.25) is 9.78 Å². The number of aliphatic hydroxyl groups is 1. The predicted molar refractivity (Wildman–Crippen MR) is 117 cm³/mol. The average Bonchev–Trinajstić information content (AvgIpc) is 3.19. The lowest BCUT2D eigenvalue weighted by atomic mass is 9.94. The molecule has 9 nitrogen and oxygen atoms in total. The second-order valence-electron chi connectivity index (χ2n) is 8.05. The molecule has 2 aliphatic rings. The molecule has 1 aromatic carbocycles. The molecule has 170 valence electrons. The first kappa shape index (κ1) is 22.8. The van der Waals surface area contributed by atoms with E-state index in [1.165, 1.54) is 30.9 Å². The lowest BCUT2D eigenvalue weighted by Crippen LogP contribution is -2.36. The van der Waals surface area contributed by atoms with E-state index in [9.17, 15) is 19.8 Å². The number of rotatable bonds is 6. The van der Waals surface area contributed by atoms with E-state index in [1.54, 1.807) is 6.07 Å². The largest absolute Gasteiger partial charge is 0.478 e. The molecule has 1 unspecified atom stereocenters. The van der Waals surface area contributed by atoms with Gasteiger partial charge in [-0.05, 0) is 31.0 Å². The highest BCUT2D eigenvalue weighted by atomic mass is 79.9. The number of anilines is 1. The van der Waals surface area contributed by atoms with Crippen molar-refractivity contribution in [1.29, 1.82) is 0 Å². The summed E-state index contributed by atoms with van der Waals surface area (Å²) in [5, 5.41) is 22.4. The number of carbonyl (C=O) groups excluding carboxylic acids is 1. The van der Waals surface area contributed by atoms with E-state index >= 15 is 0 Å². The third-order valence-corrected chi connectivity index (χ3v) is 6.23. The summed E-state index contributed by atoms with van der Waals surface area (Å²) < 4.78 is 12.5. The number of carboxylic acids is 1. The Kier molecular flexibility index (Phi) is 6.85. The summed E-state index contributed by atoms with van der Waals surface area (Å²) in [6.07, 6.45) is 6.71. The molecule has 0 radical (unpaired) electrons. The summed E-state index contributed by atoms with van der Waals surface area (Å²) in [5.41, 5.74) is 0.651. The monoisotopic (exact) mass is 505 g/mol. The first-order chi connectivity index (χ1) is 15.3. The van der Waals surface area contributed by atoms with Gasteiger partial charge in [0.2, 0.25) is 0 Å². The third kappa shape index (κ3) is 5.15. The number of nitrogens with one attached hydrogen (secondary N) is 1. The highest BCUT2D eigenvalue weighted by Crippen LogP contribution is 2.38. The van der Waals surface area contributed by atoms with Crippen molar-refractivity contribution in [2.45, 2.75) is 56.5 Å². The molecule has 2 atom stereocenters. The molecule has 1 aliphatic carbocycles. The molecule has 2 heterocycles. The minimum Gasteiger partial charge on any atom is -0.478 e. The molecule has 1 amide bonds. The number of hydrogen-bond donors (Lipinski definition) is 3. The van der Waals surface area contributed by atoms with Gasteiger partial charge in [-0.2, -0.15) is 0 Å². The summed E-state index contributed by atoms with van der Waals surface area (Å²) in [6, 6.07) is 4.52. The fourth-order valence-electron chi connectivity index (χ4n) is 4.03. The van der Waals surface area contributed by atoms with Gasteiger partial charge < -0.3 is 25.0 Å². The molecule has 32 heavy (non-hydrogen) atoms. The lowest BCUT2D eigenvalue weighted by Gasteiger charge is -2.32. The number of amides is 1. The van der Waals surface area contributed by atoms with Crippen molar-refractivity contribution in [2.75, 3.05) is 11.9 Å². The van der Waals surface area contributed by atoms with Crippen molar-refractivity contribution in [3.05, 3.63) is 52.0 Å². The molecule has 0 bridgehead atoms. The Morgan fingerprint density at radius 2 is 2.00 bits per heavy atom. The fraction of sp³-hybridized carbons (Fsp3) is 0.455. The molecule has 1 aliphatic heterocycles. The van der Waals surface area contributed by atoms with Crippen LogP contribution in [0, 0.1) is 0 Å². The number of carboxylic acid groups (broad SMARTS) is 1. The molecule has 1 aromatic heterocycles. The molecule has 10 heteroatoms. The van der Waals surface area contributed by atoms with Crippen molar-refractivity contribution >= 4 is 33.5 Å². The predicted octanol–water partition coefficient (Wildman–Crippen LogP) is 3.17. The average molecular weight is 506 g/mol. The maximum Gasteiger partial charge on any atom is 0.337 e. The van der Waals surface area contributed by atoms with Crippen LogP contribution in [0.4, 0.5) is 5.69 Å². The van der Waals surface area contributed by atoms with Crippen molar-refractivity contribution in [3.63, 3.8) is 0 Å². The van der Waals surface area contributed by atoms with Gasteiger partial charge in [-0.15, -0.1) is 0 Å². The Balaban J connectivity index is 1.36. The quantitative estimate of drug-likeness (QED) is 0.545. The zero-order valence-corrected chi connectivity index (χ0v) is 18.9. The molecule has 2 fully saturated rings. The van der Waals surface area contributed by atoms with Crippen LogP contribution in [-0.4, -0.2) is 56.7 Å². The minimum atomic E-state index is -1.16. The van der Waals surface area contributed by atoms with Crippen LogP contribution < -0.4 is 5.32 Å². The Morgan fingerprint density at radius 1 is 1.22 bits per heavy atom. The Bertz CT molecular complexity index is 994. The lowest BCUT2D eigenvalue weighted by molar-refractivity contribution is -0.195. The summed E-state index contributed by atoms with van der Waals surface area (Å²) in [4.78, 5) is 32.2. The minimum absolute atomic E-state index is 0.0316. The van der Waals surface area contributed by atoms with E-state index < -0.39 is 29.9 Å². The zero-order chi connectivity index (χ0) is 22.7. The molecule has 1 saturated carbocycles. The molecule has 2 aromatic rings. The van der Waals surface area contributed by atoms with Crippen molar-refractivity contribution in [3.8, 4) is 0 Å². The Labute approximate surface area is 193 Å². The summed E-state index contributed by atoms with van der Waals surface area (Å²) in [5.74, 6) is -2.30. The first-order valence-electron chi connectivity index (χ1n) is 10.5. The van der Waals surface area contributed by atoms with Crippen molar-refractivity contribution in [1.82, 2.24) is 9.97 Å². The van der Waals surface area contributed by atoms with Crippen LogP contribution in [0.3, 0.4) is 0 Å². The van der Waals surface area contributed by atoms with Crippen LogP contribution in [0.15, 0.2) is 35.1 Å². The number of halogens is 1. The van der Waals surface area contributed by atoms with Gasteiger partial charge in [0.25, 0.3) is 5.91 Å². The molecule has 1 saturated heterocycles. The highest BCUT2D eigenvalue weighted by Gasteiger charge is 2.44. The molecular formula is C22H24BrN3O6. The van der Waals surface area contributed by atoms with E-state index in [1.807, 2.05) is 0 Å². The van der Waals surface area contributed by atoms with Crippen LogP contribution in [-0.2, 0) is 15.9 Å². The van der Waals surface area contributed by atoms with E-state index in [2.05, 4.69) is 31.2 Å². The van der Waals surface area contributed by atoms with E-state index in [4.69, 9.17) is 9.47 Å². The topological polar surface area (TPSA) is 131 Å². The smallest absolute Gasteiger partial charge is 0.337 e. The molecule has 4 rings (SSSR count). The van der Waals surface area contributed by atoms with Crippen molar-refractivity contribution in [2.24, 2.45) is 0 Å². The Hall–Kier alpha value is -2.40. The SMILES string of the molecule is O=C(Nc1ccc(Br)cc1C(=O)O)c1cnc(CC(O)[C@H]2COC3(CCCCC3)O2)cn1. The highest BCUT2D eigenvalue weighted by molar-refractivity contribution is 9.10. The van der Waals surface area contributed by atoms with Crippen LogP contribution in [0.25, 0.3) is 0 Å². The molecule has 3 N–H and O–H groups in total. The van der Waals surface area contributed by atoms with E-state index in [-0.39, 0.29) is 23.4 Å². The standard InChI is InChI=1S/C22H24BrN3O6/c23-13-4-5-16(15(8-13)21(29)30)26-20(28)17-11-24-14(10-25-17)9-18(27)19-12-31-22(32-19)6-2-1-3-7-22/h4-5,8,10-11,18-19,27H,1-3,6-7,9,12H2,(H,26,28)(H,29,30)/t18?,19-/m1/s1. The number of aliphatic hydroxyl groups excluding tert-OH is 1. The van der Waals surface area contributed by atoms with Gasteiger partial charge in [0.1, 0.15) is 11.8 Å². The fourth-order valence-corrected chi connectivity index (χ4v) is 4.39. The summed E-state index contributed by atoms with van der Waals surface area (Å²) in [7, 11) is 0. The van der Waals surface area contributed by atoms with Gasteiger partial charge in [0, 0.05) is 29.9 Å². The van der Waals surface area contributed by atoms with Gasteiger partial charge in [-0.1, -0.05) is 22.4 Å². The number of aromatic nitrogens is 2. The van der Waals surface area contributed by atoms with Crippen LogP contribution in [0.5, 0.6) is 0 Å². The van der Waals surface area contributed by atoms with Crippen LogP contribution in [0.2, 0.25) is 0 Å². The normalized spacial score (nSPS) is 20.8. The zero-order valence-electron chi connectivity index (χ0n) is 17.3. The third-order valence-electron chi connectivity index (χ3n) is 5.74. The number of hydrogen-bond acceptors (Lipinski definition) is 7. The van der Waals surface area contributed by atoms with Gasteiger partial charge in [0.05, 0.1) is 35.9 Å². The van der Waals surface area contributed by atoms with Crippen LogP contribution in [0.1, 0.15) is 58.6 Å². The second-order valence-corrected chi connectivity index (χ2v) is 8.97. The number of ether oxygens (including phenoxy) is 2. The molecular weight excluding hydrogens is 482 g/mol. The maximum absolute atomic E-state index is 12.5. The number of carbonyl (C=O) groups is 2. The van der Waals surface area contributed by atoms with Crippen molar-refractivity contribution < 1.29 is 29.3 Å². The van der Waals surface area contributed by atoms with E-state index in [0.717, 1.165) is 25.7 Å². The summed E-state index contributed by atoms with van der Waals surface area (Å²) in [6.45, 7) is 0.341. The maximum atomic E-state index is 12.5. The number of aromatic carboxylic acids is 1. The van der Waals surface area contributed by atoms with Crippen LogP contribution >= 0.6 is 15.9 Å².